The van der Waals surface area contributed by atoms with E-state index >= 15 is 0 Å². The summed E-state index contributed by atoms with van der Waals surface area (Å²) in [6.45, 7) is 1.28. The van der Waals surface area contributed by atoms with Crippen molar-refractivity contribution in [2.75, 3.05) is 5.32 Å². The first-order chi connectivity index (χ1) is 10.7. The lowest BCUT2D eigenvalue weighted by Crippen LogP contribution is -2.71. The van der Waals surface area contributed by atoms with Crippen molar-refractivity contribution in [2.45, 2.75) is 19.0 Å². The highest BCUT2D eigenvalue weighted by atomic mass is 32.2. The van der Waals surface area contributed by atoms with E-state index in [9.17, 15) is 27.6 Å². The van der Waals surface area contributed by atoms with Crippen LogP contribution >= 0.6 is 11.3 Å². The van der Waals surface area contributed by atoms with Gasteiger partial charge in [-0.1, -0.05) is 0 Å². The SMILES string of the molecule is C[C@@H]1[C@H](NC(=O)C(=O)c2csc(NC=O)n2)C(=O)N1S(=O)(=O)O. The maximum absolute atomic E-state index is 11.9. The largest absolute Gasteiger partial charge is 0.362 e. The first kappa shape index (κ1) is 17.0. The van der Waals surface area contributed by atoms with Crippen molar-refractivity contribution >= 4 is 50.8 Å². The van der Waals surface area contributed by atoms with Gasteiger partial charge in [0.2, 0.25) is 6.41 Å². The van der Waals surface area contributed by atoms with Crippen LogP contribution in [-0.2, 0) is 24.7 Å². The number of aromatic nitrogens is 1. The smallest absolute Gasteiger partial charge is 0.335 e. The van der Waals surface area contributed by atoms with Crippen molar-refractivity contribution < 1.29 is 32.1 Å². The number of nitrogens with zero attached hydrogens (tertiary/aromatic N) is 2. The second-order valence-corrected chi connectivity index (χ2v) is 6.58. The number of β-lactam (4-membered cyclic amide) rings is 1. The fourth-order valence-electron chi connectivity index (χ4n) is 1.92. The summed E-state index contributed by atoms with van der Waals surface area (Å²) in [5, 5.41) is 5.64. The van der Waals surface area contributed by atoms with Crippen molar-refractivity contribution in [3.63, 3.8) is 0 Å². The molecule has 0 bridgehead atoms. The number of thiazole rings is 1. The molecule has 1 aliphatic rings. The number of nitrogens with one attached hydrogen (secondary N) is 2. The first-order valence-corrected chi connectivity index (χ1v) is 8.26. The molecule has 3 amide bonds. The van der Waals surface area contributed by atoms with E-state index in [0.717, 1.165) is 11.3 Å². The molecule has 11 nitrogen and oxygen atoms in total. The molecule has 0 saturated carbocycles. The molecule has 0 spiro atoms. The molecule has 1 fully saturated rings. The zero-order valence-electron chi connectivity index (χ0n) is 11.4. The Morgan fingerprint density at radius 1 is 1.48 bits per heavy atom. The summed E-state index contributed by atoms with van der Waals surface area (Å²) in [5.74, 6) is -3.26. The number of rotatable bonds is 6. The predicted octanol–water partition coefficient (Wildman–Crippen LogP) is -1.59. The number of carbonyl (C=O) groups is 4. The van der Waals surface area contributed by atoms with E-state index in [2.05, 4.69) is 15.6 Å². The topological polar surface area (TPSA) is 163 Å². The highest BCUT2D eigenvalue weighted by Crippen LogP contribution is 2.23. The van der Waals surface area contributed by atoms with Crippen LogP contribution in [0, 0.1) is 0 Å². The first-order valence-electron chi connectivity index (χ1n) is 5.98. The average Bonchev–Trinajstić information content (AvgIpc) is 2.91. The van der Waals surface area contributed by atoms with Crippen LogP contribution < -0.4 is 10.6 Å². The normalized spacial score (nSPS) is 20.6. The molecular weight excluding hydrogens is 352 g/mol. The van der Waals surface area contributed by atoms with Crippen molar-refractivity contribution in [3.05, 3.63) is 11.1 Å². The van der Waals surface area contributed by atoms with Gasteiger partial charge in [-0.25, -0.2) is 9.29 Å². The molecule has 3 N–H and O–H groups in total. The van der Waals surface area contributed by atoms with E-state index in [1.807, 2.05) is 0 Å². The van der Waals surface area contributed by atoms with Gasteiger partial charge >= 0.3 is 10.3 Å². The zero-order chi connectivity index (χ0) is 17.4. The molecule has 0 radical (unpaired) electrons. The molecule has 0 aromatic carbocycles. The third kappa shape index (κ3) is 3.20. The Bertz CT molecular complexity index is 787. The second kappa shape index (κ2) is 6.02. The molecule has 2 rings (SSSR count). The molecule has 2 atom stereocenters. The van der Waals surface area contributed by atoms with E-state index in [1.165, 1.54) is 12.3 Å². The minimum Gasteiger partial charge on any atom is -0.335 e. The van der Waals surface area contributed by atoms with E-state index in [1.54, 1.807) is 0 Å². The van der Waals surface area contributed by atoms with Gasteiger partial charge in [0, 0.05) is 5.38 Å². The maximum Gasteiger partial charge on any atom is 0.362 e. The van der Waals surface area contributed by atoms with Gasteiger partial charge in [-0.3, -0.25) is 23.7 Å². The summed E-state index contributed by atoms with van der Waals surface area (Å²) in [7, 11) is -4.71. The lowest BCUT2D eigenvalue weighted by atomic mass is 10.0. The molecule has 23 heavy (non-hydrogen) atoms. The molecule has 2 heterocycles. The van der Waals surface area contributed by atoms with Crippen LogP contribution in [0.15, 0.2) is 5.38 Å². The van der Waals surface area contributed by atoms with Gasteiger partial charge in [-0.2, -0.15) is 8.42 Å². The van der Waals surface area contributed by atoms with Gasteiger partial charge in [-0.15, -0.1) is 11.3 Å². The van der Waals surface area contributed by atoms with Crippen LogP contribution in [0.2, 0.25) is 0 Å². The van der Waals surface area contributed by atoms with Crippen LogP contribution in [0.1, 0.15) is 17.4 Å². The van der Waals surface area contributed by atoms with Gasteiger partial charge in [-0.05, 0) is 6.92 Å². The number of carbonyl (C=O) groups excluding carboxylic acids is 4. The number of anilines is 1. The second-order valence-electron chi connectivity index (χ2n) is 4.43. The van der Waals surface area contributed by atoms with Crippen molar-refractivity contribution in [2.24, 2.45) is 0 Å². The summed E-state index contributed by atoms with van der Waals surface area (Å²) >= 11 is 0.921. The molecule has 1 saturated heterocycles. The third-order valence-corrected chi connectivity index (χ3v) is 4.78. The number of ketones is 1. The van der Waals surface area contributed by atoms with Crippen LogP contribution in [0.4, 0.5) is 5.13 Å². The van der Waals surface area contributed by atoms with Crippen molar-refractivity contribution in [1.29, 1.82) is 0 Å². The third-order valence-electron chi connectivity index (χ3n) is 3.00. The number of hydrogen-bond acceptors (Lipinski definition) is 8. The predicted molar refractivity (Wildman–Crippen MR) is 75.9 cm³/mol. The van der Waals surface area contributed by atoms with Crippen LogP contribution in [0.3, 0.4) is 0 Å². The number of hydrogen-bond donors (Lipinski definition) is 3. The molecule has 1 aromatic heterocycles. The molecule has 13 heteroatoms. The Morgan fingerprint density at radius 3 is 2.65 bits per heavy atom. The lowest BCUT2D eigenvalue weighted by molar-refractivity contribution is -0.144. The highest BCUT2D eigenvalue weighted by molar-refractivity contribution is 7.84. The number of Topliss-reactive ketones (excluding diaryl/α,β-unsaturated/α-hetero) is 1. The van der Waals surface area contributed by atoms with Crippen molar-refractivity contribution in [3.8, 4) is 0 Å². The van der Waals surface area contributed by atoms with E-state index in [4.69, 9.17) is 4.55 Å². The Balaban J connectivity index is 2.03. The van der Waals surface area contributed by atoms with Crippen LogP contribution in [0.25, 0.3) is 0 Å². The molecular formula is C10H10N4O7S2. The van der Waals surface area contributed by atoms with Crippen LogP contribution in [0.5, 0.6) is 0 Å². The van der Waals surface area contributed by atoms with E-state index in [-0.39, 0.29) is 15.1 Å². The summed E-state index contributed by atoms with van der Waals surface area (Å²) in [6.07, 6.45) is 0.353. The van der Waals surface area contributed by atoms with Gasteiger partial charge < -0.3 is 10.6 Å². The van der Waals surface area contributed by atoms with Gasteiger partial charge in [0.05, 0.1) is 6.04 Å². The quantitative estimate of drug-likeness (QED) is 0.179. The Kier molecular flexibility index (Phi) is 4.44. The molecule has 1 aliphatic heterocycles. The minimum absolute atomic E-state index is 0.113. The highest BCUT2D eigenvalue weighted by Gasteiger charge is 2.51. The summed E-state index contributed by atoms with van der Waals surface area (Å²) in [5.41, 5.74) is -0.233. The minimum atomic E-state index is -4.71. The van der Waals surface area contributed by atoms with E-state index < -0.39 is 40.0 Å². The Labute approximate surface area is 133 Å². The molecule has 0 aliphatic carbocycles. The average molecular weight is 362 g/mol. The fourth-order valence-corrected chi connectivity index (χ4v) is 3.45. The Morgan fingerprint density at radius 2 is 2.13 bits per heavy atom. The number of amides is 3. The standard InChI is InChI=1S/C10H10N4O7S2/c1-4-6(9(18)14(4)23(19,20)21)13-8(17)7(16)5-2-22-10(12-5)11-3-15/h2-4,6H,1H3,(H,13,17)(H,11,12,15)(H,19,20,21)/t4-,6+/m1/s1. The van der Waals surface area contributed by atoms with Gasteiger partial charge in [0.15, 0.2) is 5.13 Å². The zero-order valence-corrected chi connectivity index (χ0v) is 13.1. The molecule has 1 aromatic rings. The summed E-state index contributed by atoms with van der Waals surface area (Å²) in [6, 6.07) is -2.28. The Hall–Kier alpha value is -2.38. The van der Waals surface area contributed by atoms with Gasteiger partial charge in [0.25, 0.3) is 17.6 Å². The van der Waals surface area contributed by atoms with Crippen LogP contribution in [-0.4, -0.2) is 58.4 Å². The van der Waals surface area contributed by atoms with Crippen molar-refractivity contribution in [1.82, 2.24) is 14.6 Å². The summed E-state index contributed by atoms with van der Waals surface area (Å²) in [4.78, 5) is 49.2. The fraction of sp³-hybridized carbons (Fsp3) is 0.300. The maximum atomic E-state index is 11.9. The monoisotopic (exact) mass is 362 g/mol. The molecule has 124 valence electrons. The van der Waals surface area contributed by atoms with E-state index in [0.29, 0.717) is 6.41 Å². The summed E-state index contributed by atoms with van der Waals surface area (Å²) < 4.78 is 30.9. The molecule has 0 unspecified atom stereocenters. The van der Waals surface area contributed by atoms with Gasteiger partial charge in [0.1, 0.15) is 11.7 Å². The lowest BCUT2D eigenvalue weighted by Gasteiger charge is -2.41.